The molecule has 0 radical (unpaired) electrons. The van der Waals surface area contributed by atoms with E-state index in [9.17, 15) is 4.79 Å². The molecule has 80 valence electrons. The zero-order chi connectivity index (χ0) is 9.97. The highest BCUT2D eigenvalue weighted by Gasteiger charge is 2.34. The Balaban J connectivity index is 2.08. The van der Waals surface area contributed by atoms with Crippen molar-refractivity contribution in [1.82, 2.24) is 10.2 Å². The second-order valence-corrected chi connectivity index (χ2v) is 4.02. The fourth-order valence-corrected chi connectivity index (χ4v) is 2.41. The Morgan fingerprint density at radius 2 is 2.21 bits per heavy atom. The molecule has 4 nitrogen and oxygen atoms in total. The lowest BCUT2D eigenvalue weighted by atomic mass is 10.0. The first-order valence-corrected chi connectivity index (χ1v) is 5.38. The fourth-order valence-electron chi connectivity index (χ4n) is 2.41. The van der Waals surface area contributed by atoms with E-state index >= 15 is 0 Å². The van der Waals surface area contributed by atoms with E-state index in [1.807, 2.05) is 4.90 Å². The van der Waals surface area contributed by atoms with Gasteiger partial charge in [0, 0.05) is 13.5 Å². The normalized spacial score (nSPS) is 33.4. The summed E-state index contributed by atoms with van der Waals surface area (Å²) in [4.78, 5) is 13.4. The molecule has 2 heterocycles. The first kappa shape index (κ1) is 9.93. The number of ether oxygens (including phenoxy) is 1. The molecule has 2 unspecified atom stereocenters. The monoisotopic (exact) mass is 198 g/mol. The summed E-state index contributed by atoms with van der Waals surface area (Å²) in [5.74, 6) is 0.185. The van der Waals surface area contributed by atoms with Crippen molar-refractivity contribution in [1.29, 1.82) is 0 Å². The van der Waals surface area contributed by atoms with Crippen molar-refractivity contribution in [3.63, 3.8) is 0 Å². The van der Waals surface area contributed by atoms with Crippen LogP contribution in [0, 0.1) is 0 Å². The van der Waals surface area contributed by atoms with Gasteiger partial charge >= 0.3 is 0 Å². The molecule has 4 heteroatoms. The molecule has 0 saturated carbocycles. The summed E-state index contributed by atoms with van der Waals surface area (Å²) < 4.78 is 5.71. The van der Waals surface area contributed by atoms with Crippen LogP contribution in [0.3, 0.4) is 0 Å². The molecule has 0 spiro atoms. The number of rotatable bonds is 0. The van der Waals surface area contributed by atoms with Crippen LogP contribution >= 0.6 is 0 Å². The Bertz CT molecular complexity index is 220. The molecule has 1 N–H and O–H groups in total. The van der Waals surface area contributed by atoms with Crippen LogP contribution in [-0.2, 0) is 9.53 Å². The van der Waals surface area contributed by atoms with Gasteiger partial charge in [-0.25, -0.2) is 0 Å². The summed E-state index contributed by atoms with van der Waals surface area (Å²) in [5, 5.41) is 3.35. The summed E-state index contributed by atoms with van der Waals surface area (Å²) in [6.45, 7) is 5.11. The van der Waals surface area contributed by atoms with E-state index in [0.717, 1.165) is 32.5 Å². The van der Waals surface area contributed by atoms with Gasteiger partial charge in [0.25, 0.3) is 0 Å². The van der Waals surface area contributed by atoms with Gasteiger partial charge < -0.3 is 15.0 Å². The van der Waals surface area contributed by atoms with Gasteiger partial charge in [-0.05, 0) is 25.9 Å². The molecule has 2 saturated heterocycles. The predicted octanol–water partition coefficient (Wildman–Crippen LogP) is -0.0143. The quantitative estimate of drug-likeness (QED) is 0.595. The van der Waals surface area contributed by atoms with E-state index in [2.05, 4.69) is 5.32 Å². The number of nitrogens with one attached hydrogen (secondary N) is 1. The number of amides is 1. The van der Waals surface area contributed by atoms with Crippen LogP contribution in [0.1, 0.15) is 19.8 Å². The summed E-state index contributed by atoms with van der Waals surface area (Å²) in [6, 6.07) is 0.302. The van der Waals surface area contributed by atoms with Crippen molar-refractivity contribution in [2.45, 2.75) is 31.9 Å². The molecule has 0 aliphatic carbocycles. The van der Waals surface area contributed by atoms with Gasteiger partial charge in [0.15, 0.2) is 0 Å². The van der Waals surface area contributed by atoms with Gasteiger partial charge in [-0.15, -0.1) is 0 Å². The van der Waals surface area contributed by atoms with Crippen LogP contribution in [0.15, 0.2) is 0 Å². The van der Waals surface area contributed by atoms with Crippen LogP contribution in [0.4, 0.5) is 0 Å². The Morgan fingerprint density at radius 1 is 1.43 bits per heavy atom. The molecule has 1 amide bonds. The van der Waals surface area contributed by atoms with Crippen LogP contribution < -0.4 is 5.32 Å². The molecule has 2 rings (SSSR count). The Kier molecular flexibility index (Phi) is 3.03. The summed E-state index contributed by atoms with van der Waals surface area (Å²) in [5.41, 5.74) is 0. The van der Waals surface area contributed by atoms with E-state index in [4.69, 9.17) is 4.74 Å². The second kappa shape index (κ2) is 4.28. The van der Waals surface area contributed by atoms with E-state index in [1.54, 1.807) is 6.92 Å². The number of nitrogens with zero attached hydrogens (tertiary/aromatic N) is 1. The van der Waals surface area contributed by atoms with Crippen molar-refractivity contribution >= 4 is 5.91 Å². The van der Waals surface area contributed by atoms with Crippen molar-refractivity contribution in [2.24, 2.45) is 0 Å². The standard InChI is InChI=1S/C10H18N2O2/c1-8(13)12-6-7-14-10-3-5-11-4-2-9(10)12/h9-11H,2-7H2,1H3. The SMILES string of the molecule is CC(=O)N1CCOC2CCNCCC21. The van der Waals surface area contributed by atoms with Crippen LogP contribution in [0.25, 0.3) is 0 Å². The smallest absolute Gasteiger partial charge is 0.219 e. The lowest BCUT2D eigenvalue weighted by Crippen LogP contribution is -2.52. The average molecular weight is 198 g/mol. The predicted molar refractivity (Wildman–Crippen MR) is 53.0 cm³/mol. The average Bonchev–Trinajstić information content (AvgIpc) is 2.41. The van der Waals surface area contributed by atoms with E-state index < -0.39 is 0 Å². The van der Waals surface area contributed by atoms with Gasteiger partial charge in [-0.1, -0.05) is 0 Å². The topological polar surface area (TPSA) is 41.6 Å². The van der Waals surface area contributed by atoms with Crippen molar-refractivity contribution in [2.75, 3.05) is 26.2 Å². The minimum Gasteiger partial charge on any atom is -0.374 e. The molecular weight excluding hydrogens is 180 g/mol. The minimum atomic E-state index is 0.185. The van der Waals surface area contributed by atoms with Crippen LogP contribution in [-0.4, -0.2) is 49.2 Å². The Morgan fingerprint density at radius 3 is 3.00 bits per heavy atom. The van der Waals surface area contributed by atoms with Gasteiger partial charge in [-0.2, -0.15) is 0 Å². The fraction of sp³-hybridized carbons (Fsp3) is 0.900. The molecule has 2 fully saturated rings. The molecule has 2 aliphatic heterocycles. The van der Waals surface area contributed by atoms with E-state index in [1.165, 1.54) is 0 Å². The molecule has 2 atom stereocenters. The summed E-state index contributed by atoms with van der Waals surface area (Å²) >= 11 is 0. The Hall–Kier alpha value is -0.610. The number of fused-ring (bicyclic) bond motifs is 1. The maximum atomic E-state index is 11.4. The Labute approximate surface area is 84.6 Å². The van der Waals surface area contributed by atoms with Gasteiger partial charge in [0.1, 0.15) is 0 Å². The van der Waals surface area contributed by atoms with E-state index in [-0.39, 0.29) is 12.0 Å². The van der Waals surface area contributed by atoms with Crippen molar-refractivity contribution < 1.29 is 9.53 Å². The third-order valence-electron chi connectivity index (χ3n) is 3.12. The van der Waals surface area contributed by atoms with Gasteiger partial charge in [0.05, 0.1) is 18.8 Å². The molecule has 14 heavy (non-hydrogen) atoms. The number of hydrogen-bond donors (Lipinski definition) is 1. The minimum absolute atomic E-state index is 0.185. The van der Waals surface area contributed by atoms with Crippen molar-refractivity contribution in [3.05, 3.63) is 0 Å². The molecule has 0 aromatic heterocycles. The van der Waals surface area contributed by atoms with Gasteiger partial charge in [-0.3, -0.25) is 4.79 Å². The lowest BCUT2D eigenvalue weighted by molar-refractivity contribution is -0.144. The number of morpholine rings is 1. The van der Waals surface area contributed by atoms with Crippen molar-refractivity contribution in [3.8, 4) is 0 Å². The highest BCUT2D eigenvalue weighted by Crippen LogP contribution is 2.21. The number of carbonyl (C=O) groups excluding carboxylic acids is 1. The van der Waals surface area contributed by atoms with Crippen LogP contribution in [0.2, 0.25) is 0 Å². The number of hydrogen-bond acceptors (Lipinski definition) is 3. The van der Waals surface area contributed by atoms with Crippen LogP contribution in [0.5, 0.6) is 0 Å². The molecular formula is C10H18N2O2. The molecule has 0 aromatic rings. The first-order valence-electron chi connectivity index (χ1n) is 5.38. The maximum absolute atomic E-state index is 11.4. The zero-order valence-electron chi connectivity index (χ0n) is 8.66. The third-order valence-corrected chi connectivity index (χ3v) is 3.12. The highest BCUT2D eigenvalue weighted by atomic mass is 16.5. The third kappa shape index (κ3) is 1.91. The zero-order valence-corrected chi connectivity index (χ0v) is 8.66. The number of carbonyl (C=O) groups is 1. The van der Waals surface area contributed by atoms with E-state index in [0.29, 0.717) is 12.6 Å². The maximum Gasteiger partial charge on any atom is 0.219 e. The second-order valence-electron chi connectivity index (χ2n) is 4.02. The first-order chi connectivity index (χ1) is 6.79. The van der Waals surface area contributed by atoms with Gasteiger partial charge in [0.2, 0.25) is 5.91 Å². The molecule has 2 aliphatic rings. The lowest BCUT2D eigenvalue weighted by Gasteiger charge is -2.39. The molecule has 0 aromatic carbocycles. The highest BCUT2D eigenvalue weighted by molar-refractivity contribution is 5.73. The summed E-state index contributed by atoms with van der Waals surface area (Å²) in [7, 11) is 0. The molecule has 0 bridgehead atoms. The summed E-state index contributed by atoms with van der Waals surface area (Å²) in [6.07, 6.45) is 2.29. The largest absolute Gasteiger partial charge is 0.374 e.